The molecular formula is C16H11BFN3O3. The minimum absolute atomic E-state index is 0.0376. The lowest BCUT2D eigenvalue weighted by atomic mass is 9.95. The molecule has 1 atom stereocenters. The van der Waals surface area contributed by atoms with Crippen molar-refractivity contribution in [3.05, 3.63) is 42.5 Å². The van der Waals surface area contributed by atoms with Gasteiger partial charge in [-0.15, -0.1) is 0 Å². The number of benzene rings is 2. The van der Waals surface area contributed by atoms with Crippen molar-refractivity contribution < 1.29 is 19.0 Å². The topological polar surface area (TPSA) is 76.5 Å². The maximum Gasteiger partial charge on any atom is 0.232 e. The number of nitrogens with one attached hydrogen (secondary N) is 1. The van der Waals surface area contributed by atoms with E-state index in [0.29, 0.717) is 28.2 Å². The van der Waals surface area contributed by atoms with E-state index in [-0.39, 0.29) is 17.8 Å². The van der Waals surface area contributed by atoms with E-state index in [9.17, 15) is 9.50 Å². The van der Waals surface area contributed by atoms with Gasteiger partial charge in [0.25, 0.3) is 0 Å². The Morgan fingerprint density at radius 2 is 2.12 bits per heavy atom. The van der Waals surface area contributed by atoms with Crippen LogP contribution in [0.25, 0.3) is 10.9 Å². The van der Waals surface area contributed by atoms with E-state index < -0.39 is 12.1 Å². The van der Waals surface area contributed by atoms with E-state index in [1.54, 1.807) is 24.3 Å². The first-order chi connectivity index (χ1) is 11.6. The van der Waals surface area contributed by atoms with E-state index >= 15 is 0 Å². The van der Waals surface area contributed by atoms with Crippen LogP contribution >= 0.6 is 0 Å². The van der Waals surface area contributed by atoms with Gasteiger partial charge in [0.2, 0.25) is 6.29 Å². The van der Waals surface area contributed by atoms with Crippen molar-refractivity contribution in [1.29, 1.82) is 0 Å². The highest BCUT2D eigenvalue weighted by molar-refractivity contribution is 6.32. The van der Waals surface area contributed by atoms with Gasteiger partial charge in [0.1, 0.15) is 25.8 Å². The molecule has 1 aliphatic rings. The van der Waals surface area contributed by atoms with Crippen molar-refractivity contribution in [3.8, 4) is 11.5 Å². The van der Waals surface area contributed by atoms with Crippen LogP contribution in [0, 0.1) is 5.82 Å². The first-order valence-electron chi connectivity index (χ1n) is 7.19. The molecule has 8 heteroatoms. The average molecular weight is 323 g/mol. The fourth-order valence-electron chi connectivity index (χ4n) is 2.48. The monoisotopic (exact) mass is 323 g/mol. The summed E-state index contributed by atoms with van der Waals surface area (Å²) in [5.74, 6) is 0.674. The summed E-state index contributed by atoms with van der Waals surface area (Å²) in [6.45, 7) is 0.0448. The van der Waals surface area contributed by atoms with Gasteiger partial charge in [-0.05, 0) is 12.1 Å². The third kappa shape index (κ3) is 2.50. The first-order valence-corrected chi connectivity index (χ1v) is 7.19. The molecule has 0 spiro atoms. The van der Waals surface area contributed by atoms with Crippen molar-refractivity contribution in [3.63, 3.8) is 0 Å². The second-order valence-corrected chi connectivity index (χ2v) is 5.26. The molecule has 2 aromatic carbocycles. The molecule has 0 fully saturated rings. The molecule has 0 saturated heterocycles. The molecule has 118 valence electrons. The molecule has 2 N–H and O–H groups in total. The smallest absolute Gasteiger partial charge is 0.232 e. The third-order valence-corrected chi connectivity index (χ3v) is 3.63. The van der Waals surface area contributed by atoms with Gasteiger partial charge in [-0.3, -0.25) is 0 Å². The summed E-state index contributed by atoms with van der Waals surface area (Å²) >= 11 is 0. The highest BCUT2D eigenvalue weighted by atomic mass is 19.1. The van der Waals surface area contributed by atoms with E-state index in [1.165, 1.54) is 12.4 Å². The largest absolute Gasteiger partial charge is 0.483 e. The predicted molar refractivity (Wildman–Crippen MR) is 86.7 cm³/mol. The summed E-state index contributed by atoms with van der Waals surface area (Å²) in [4.78, 5) is 8.34. The Hall–Kier alpha value is -2.87. The van der Waals surface area contributed by atoms with E-state index in [4.69, 9.17) is 17.3 Å². The molecule has 0 bridgehead atoms. The molecule has 1 unspecified atom stereocenters. The summed E-state index contributed by atoms with van der Waals surface area (Å²) < 4.78 is 24.8. The Bertz CT molecular complexity index is 938. The number of fused-ring (bicyclic) bond motifs is 2. The molecule has 2 radical (unpaired) electrons. The van der Waals surface area contributed by atoms with Gasteiger partial charge in [-0.2, -0.15) is 0 Å². The Balaban J connectivity index is 1.81. The van der Waals surface area contributed by atoms with Crippen LogP contribution in [0.3, 0.4) is 0 Å². The van der Waals surface area contributed by atoms with Crippen molar-refractivity contribution in [2.24, 2.45) is 0 Å². The number of rotatable bonds is 2. The van der Waals surface area contributed by atoms with Crippen LogP contribution < -0.4 is 20.3 Å². The normalized spacial score (nSPS) is 16.2. The zero-order chi connectivity index (χ0) is 16.7. The van der Waals surface area contributed by atoms with Crippen LogP contribution in [0.5, 0.6) is 11.5 Å². The molecule has 4 rings (SSSR count). The number of hydrogen-bond donors (Lipinski definition) is 2. The van der Waals surface area contributed by atoms with Gasteiger partial charge >= 0.3 is 0 Å². The Morgan fingerprint density at radius 3 is 3.00 bits per heavy atom. The standard InChI is InChI=1S/C16H11BFN3O3/c17-9-2-1-3-10(15(9)18)21-16-8-4-13-12(23-6-14(22)24-13)5-11(8)19-7-20-16/h1-5,7,14,22H,6H2,(H,19,20,21). The SMILES string of the molecule is [B]c1cccc(Nc2ncnc3cc4c(cc23)OC(O)CO4)c1F. The maximum absolute atomic E-state index is 14.1. The summed E-state index contributed by atoms with van der Waals surface area (Å²) in [5.41, 5.74) is 0.830. The summed E-state index contributed by atoms with van der Waals surface area (Å²) in [5, 5.41) is 13.0. The molecule has 0 aliphatic carbocycles. The number of aliphatic hydroxyl groups is 1. The molecule has 3 aromatic rings. The van der Waals surface area contributed by atoms with Gasteiger partial charge in [-0.1, -0.05) is 17.6 Å². The number of aliphatic hydroxyl groups excluding tert-OH is 1. The molecular weight excluding hydrogens is 312 g/mol. The lowest BCUT2D eigenvalue weighted by Crippen LogP contribution is -2.28. The number of halogens is 1. The van der Waals surface area contributed by atoms with Crippen molar-refractivity contribution in [2.75, 3.05) is 11.9 Å². The van der Waals surface area contributed by atoms with Crippen LogP contribution in [0.4, 0.5) is 15.9 Å². The summed E-state index contributed by atoms with van der Waals surface area (Å²) in [6.07, 6.45) is 0.321. The van der Waals surface area contributed by atoms with E-state index in [0.717, 1.165) is 0 Å². The highest BCUT2D eigenvalue weighted by Crippen LogP contribution is 2.37. The Morgan fingerprint density at radius 1 is 1.25 bits per heavy atom. The highest BCUT2D eigenvalue weighted by Gasteiger charge is 2.21. The fourth-order valence-corrected chi connectivity index (χ4v) is 2.48. The lowest BCUT2D eigenvalue weighted by Gasteiger charge is -2.23. The zero-order valence-electron chi connectivity index (χ0n) is 12.4. The van der Waals surface area contributed by atoms with Gasteiger partial charge < -0.3 is 19.9 Å². The maximum atomic E-state index is 14.1. The number of ether oxygens (including phenoxy) is 2. The molecule has 1 aliphatic heterocycles. The summed E-state index contributed by atoms with van der Waals surface area (Å²) in [6, 6.07) is 7.99. The molecule has 0 amide bonds. The number of hydrogen-bond acceptors (Lipinski definition) is 6. The summed E-state index contributed by atoms with van der Waals surface area (Å²) in [7, 11) is 5.58. The molecule has 1 aromatic heterocycles. The molecule has 24 heavy (non-hydrogen) atoms. The zero-order valence-corrected chi connectivity index (χ0v) is 12.4. The minimum atomic E-state index is -1.04. The number of aromatic nitrogens is 2. The minimum Gasteiger partial charge on any atom is -0.483 e. The fraction of sp³-hybridized carbons (Fsp3) is 0.125. The molecule has 6 nitrogen and oxygen atoms in total. The van der Waals surface area contributed by atoms with Gasteiger partial charge in [0, 0.05) is 11.5 Å². The third-order valence-electron chi connectivity index (χ3n) is 3.63. The van der Waals surface area contributed by atoms with Crippen molar-refractivity contribution >= 4 is 35.7 Å². The second kappa shape index (κ2) is 5.65. The quantitative estimate of drug-likeness (QED) is 0.694. The second-order valence-electron chi connectivity index (χ2n) is 5.26. The van der Waals surface area contributed by atoms with Crippen molar-refractivity contribution in [1.82, 2.24) is 9.97 Å². The Labute approximate surface area is 137 Å². The van der Waals surface area contributed by atoms with Gasteiger partial charge in [0.15, 0.2) is 18.1 Å². The number of nitrogens with zero attached hydrogens (tertiary/aromatic N) is 2. The van der Waals surface area contributed by atoms with Gasteiger partial charge in [-0.25, -0.2) is 14.4 Å². The van der Waals surface area contributed by atoms with Crippen LogP contribution in [0.15, 0.2) is 36.7 Å². The van der Waals surface area contributed by atoms with Gasteiger partial charge in [0.05, 0.1) is 11.2 Å². The lowest BCUT2D eigenvalue weighted by molar-refractivity contribution is -0.0668. The van der Waals surface area contributed by atoms with Crippen LogP contribution in [-0.4, -0.2) is 35.8 Å². The first kappa shape index (κ1) is 14.7. The molecule has 0 saturated carbocycles. The van der Waals surface area contributed by atoms with E-state index in [1.807, 2.05) is 0 Å². The van der Waals surface area contributed by atoms with Crippen LogP contribution in [-0.2, 0) is 0 Å². The molecule has 2 heterocycles. The van der Waals surface area contributed by atoms with E-state index in [2.05, 4.69) is 15.3 Å². The van der Waals surface area contributed by atoms with Crippen LogP contribution in [0.2, 0.25) is 0 Å². The average Bonchev–Trinajstić information content (AvgIpc) is 2.57. The number of anilines is 2. The predicted octanol–water partition coefficient (Wildman–Crippen LogP) is 1.40. The van der Waals surface area contributed by atoms with Crippen LogP contribution in [0.1, 0.15) is 0 Å². The van der Waals surface area contributed by atoms with Crippen molar-refractivity contribution in [2.45, 2.75) is 6.29 Å². The Kier molecular flexibility index (Phi) is 3.46.